The average Bonchev–Trinajstić information content (AvgIpc) is 2.77. The minimum Gasteiger partial charge on any atom is -0.426 e. The van der Waals surface area contributed by atoms with Crippen LogP contribution >= 0.6 is 0 Å². The fraction of sp³-hybridized carbons (Fsp3) is 0.500. The summed E-state index contributed by atoms with van der Waals surface area (Å²) in [5.41, 5.74) is -1.74. The van der Waals surface area contributed by atoms with E-state index in [4.69, 9.17) is 0 Å². The number of unbranched alkanes of at least 4 members (excludes halogenated alkanes) is 3. The Balaban J connectivity index is 1.63. The van der Waals surface area contributed by atoms with Crippen molar-refractivity contribution in [2.24, 2.45) is 0 Å². The molecule has 0 saturated heterocycles. The molecule has 0 bridgehead atoms. The second-order valence-corrected chi connectivity index (χ2v) is 8.31. The fourth-order valence-electron chi connectivity index (χ4n) is 3.82. The van der Waals surface area contributed by atoms with E-state index >= 15 is 0 Å². The predicted molar refractivity (Wildman–Crippen MR) is 112 cm³/mol. The Morgan fingerprint density at radius 1 is 0.943 bits per heavy atom. The normalized spacial score (nSPS) is 16.8. The molecule has 1 aliphatic rings. The lowest BCUT2D eigenvalue weighted by Gasteiger charge is -2.29. The van der Waals surface area contributed by atoms with Crippen LogP contribution in [0.5, 0.6) is 5.75 Å². The SMILES string of the molecule is CCCCCCc1cc(F)c(C(F)(F)OC2CC=C(C(F)(F)Oc3cnc(F)nc3)CC2)c(F)c1. The maximum Gasteiger partial charge on any atom is 0.422 e. The molecule has 4 nitrogen and oxygen atoms in total. The van der Waals surface area contributed by atoms with Gasteiger partial charge in [0.05, 0.1) is 18.5 Å². The standard InChI is InChI=1S/C24H25F7N2O2/c1-2-3-4-5-6-15-11-19(25)21(20(26)12-15)24(30,31)34-17-9-7-16(8-10-17)23(28,29)35-18-13-32-22(27)33-14-18/h7,11-14,17H,2-6,8-10H2,1H3. The van der Waals surface area contributed by atoms with Gasteiger partial charge in [-0.1, -0.05) is 32.3 Å². The fourth-order valence-corrected chi connectivity index (χ4v) is 3.82. The van der Waals surface area contributed by atoms with E-state index in [1.54, 1.807) is 0 Å². The van der Waals surface area contributed by atoms with Gasteiger partial charge in [-0.3, -0.25) is 0 Å². The van der Waals surface area contributed by atoms with Crippen LogP contribution in [0.1, 0.15) is 63.0 Å². The summed E-state index contributed by atoms with van der Waals surface area (Å²) in [7, 11) is 0. The zero-order valence-electron chi connectivity index (χ0n) is 19.0. The molecule has 1 aromatic heterocycles. The molecule has 0 spiro atoms. The molecule has 1 unspecified atom stereocenters. The molecular weight excluding hydrogens is 481 g/mol. The molecule has 1 aromatic carbocycles. The van der Waals surface area contributed by atoms with Crippen molar-refractivity contribution in [3.05, 3.63) is 65.0 Å². The number of benzene rings is 1. The molecule has 0 N–H and O–H groups in total. The third kappa shape index (κ3) is 7.16. The number of ether oxygens (including phenoxy) is 2. The Morgan fingerprint density at radius 3 is 2.17 bits per heavy atom. The second kappa shape index (κ2) is 11.4. The predicted octanol–water partition coefficient (Wildman–Crippen LogP) is 7.23. The van der Waals surface area contributed by atoms with E-state index in [0.717, 1.165) is 49.9 Å². The summed E-state index contributed by atoms with van der Waals surface area (Å²) in [6.45, 7) is 2.02. The molecule has 11 heteroatoms. The summed E-state index contributed by atoms with van der Waals surface area (Å²) in [6, 6.07) is 1.75. The average molecular weight is 506 g/mol. The molecule has 0 radical (unpaired) electrons. The zero-order chi connectivity index (χ0) is 25.6. The summed E-state index contributed by atoms with van der Waals surface area (Å²) in [4.78, 5) is 6.22. The summed E-state index contributed by atoms with van der Waals surface area (Å²) < 4.78 is 109. The van der Waals surface area contributed by atoms with Gasteiger partial charge in [0.15, 0.2) is 5.75 Å². The van der Waals surface area contributed by atoms with Gasteiger partial charge >= 0.3 is 18.3 Å². The van der Waals surface area contributed by atoms with Crippen LogP contribution in [0.4, 0.5) is 30.7 Å². The van der Waals surface area contributed by atoms with Crippen molar-refractivity contribution in [2.75, 3.05) is 0 Å². The molecule has 3 rings (SSSR count). The summed E-state index contributed by atoms with van der Waals surface area (Å²) in [6.07, 6.45) is -5.22. The van der Waals surface area contributed by atoms with Crippen LogP contribution in [0.15, 0.2) is 36.2 Å². The van der Waals surface area contributed by atoms with Crippen LogP contribution in [-0.2, 0) is 17.3 Å². The molecule has 0 fully saturated rings. The Hall–Kier alpha value is -2.69. The van der Waals surface area contributed by atoms with Crippen molar-refractivity contribution >= 4 is 0 Å². The number of rotatable bonds is 11. The molecule has 1 heterocycles. The Labute approximate surface area is 198 Å². The molecule has 0 aliphatic heterocycles. The van der Waals surface area contributed by atoms with Gasteiger partial charge in [0.2, 0.25) is 0 Å². The van der Waals surface area contributed by atoms with Crippen LogP contribution in [0.25, 0.3) is 0 Å². The first-order valence-electron chi connectivity index (χ1n) is 11.3. The monoisotopic (exact) mass is 506 g/mol. The van der Waals surface area contributed by atoms with E-state index in [1.807, 2.05) is 6.92 Å². The van der Waals surface area contributed by atoms with Gasteiger partial charge in [-0.25, -0.2) is 18.7 Å². The maximum absolute atomic E-state index is 14.7. The van der Waals surface area contributed by atoms with Crippen LogP contribution in [0, 0.1) is 17.7 Å². The molecule has 0 amide bonds. The summed E-state index contributed by atoms with van der Waals surface area (Å²) in [5, 5.41) is 0. The molecule has 1 atom stereocenters. The lowest BCUT2D eigenvalue weighted by Crippen LogP contribution is -2.33. The van der Waals surface area contributed by atoms with E-state index in [1.165, 1.54) is 0 Å². The molecule has 1 aliphatic carbocycles. The molecule has 192 valence electrons. The van der Waals surface area contributed by atoms with Crippen molar-refractivity contribution in [1.29, 1.82) is 0 Å². The van der Waals surface area contributed by atoms with Crippen LogP contribution in [0.2, 0.25) is 0 Å². The minimum absolute atomic E-state index is 0.265. The smallest absolute Gasteiger partial charge is 0.422 e. The minimum atomic E-state index is -4.30. The highest BCUT2D eigenvalue weighted by Gasteiger charge is 2.44. The number of alkyl halides is 4. The van der Waals surface area contributed by atoms with Crippen molar-refractivity contribution in [2.45, 2.75) is 76.6 Å². The number of hydrogen-bond acceptors (Lipinski definition) is 4. The molecule has 2 aromatic rings. The Morgan fingerprint density at radius 2 is 1.60 bits per heavy atom. The second-order valence-electron chi connectivity index (χ2n) is 8.31. The van der Waals surface area contributed by atoms with Gasteiger partial charge in [-0.05, 0) is 49.8 Å². The topological polar surface area (TPSA) is 44.2 Å². The molecular formula is C24H25F7N2O2. The zero-order valence-corrected chi connectivity index (χ0v) is 19.0. The highest BCUT2D eigenvalue weighted by Crippen LogP contribution is 2.40. The van der Waals surface area contributed by atoms with Crippen molar-refractivity contribution in [3.8, 4) is 5.75 Å². The van der Waals surface area contributed by atoms with Gasteiger partial charge in [0.25, 0.3) is 0 Å². The first kappa shape index (κ1) is 26.9. The largest absolute Gasteiger partial charge is 0.426 e. The van der Waals surface area contributed by atoms with Gasteiger partial charge < -0.3 is 9.47 Å². The van der Waals surface area contributed by atoms with E-state index in [0.29, 0.717) is 12.8 Å². The highest BCUT2D eigenvalue weighted by molar-refractivity contribution is 5.29. The Bertz CT molecular complexity index is 1010. The van der Waals surface area contributed by atoms with Crippen molar-refractivity contribution < 1.29 is 40.2 Å². The van der Waals surface area contributed by atoms with E-state index in [9.17, 15) is 30.7 Å². The highest BCUT2D eigenvalue weighted by atomic mass is 19.3. The van der Waals surface area contributed by atoms with E-state index < -0.39 is 52.9 Å². The number of aryl methyl sites for hydroxylation is 1. The number of nitrogens with zero attached hydrogens (tertiary/aromatic N) is 2. The number of halogens is 7. The van der Waals surface area contributed by atoms with Gasteiger partial charge in [0.1, 0.15) is 17.2 Å². The third-order valence-electron chi connectivity index (χ3n) is 5.61. The van der Waals surface area contributed by atoms with Gasteiger partial charge in [0, 0.05) is 5.57 Å². The Kier molecular flexibility index (Phi) is 8.74. The quantitative estimate of drug-likeness (QED) is 0.140. The van der Waals surface area contributed by atoms with E-state index in [-0.39, 0.29) is 24.8 Å². The van der Waals surface area contributed by atoms with E-state index in [2.05, 4.69) is 19.4 Å². The first-order chi connectivity index (χ1) is 16.5. The van der Waals surface area contributed by atoms with Gasteiger partial charge in [-0.15, -0.1) is 0 Å². The van der Waals surface area contributed by atoms with Gasteiger partial charge in [-0.2, -0.15) is 22.0 Å². The summed E-state index contributed by atoms with van der Waals surface area (Å²) >= 11 is 0. The van der Waals surface area contributed by atoms with Crippen LogP contribution < -0.4 is 4.74 Å². The first-order valence-corrected chi connectivity index (χ1v) is 11.3. The molecule has 35 heavy (non-hydrogen) atoms. The van der Waals surface area contributed by atoms with Crippen LogP contribution in [-0.4, -0.2) is 22.2 Å². The molecule has 0 saturated carbocycles. The third-order valence-corrected chi connectivity index (χ3v) is 5.61. The van der Waals surface area contributed by atoms with Crippen molar-refractivity contribution in [3.63, 3.8) is 0 Å². The lowest BCUT2D eigenvalue weighted by atomic mass is 9.96. The maximum atomic E-state index is 14.7. The van der Waals surface area contributed by atoms with Crippen molar-refractivity contribution in [1.82, 2.24) is 9.97 Å². The number of aromatic nitrogens is 2. The number of hydrogen-bond donors (Lipinski definition) is 0. The van der Waals surface area contributed by atoms with Crippen LogP contribution in [0.3, 0.4) is 0 Å². The lowest BCUT2D eigenvalue weighted by molar-refractivity contribution is -0.277. The summed E-state index contributed by atoms with van der Waals surface area (Å²) in [5.74, 6) is -3.33.